The molecule has 0 saturated heterocycles. The predicted octanol–water partition coefficient (Wildman–Crippen LogP) is 4.57. The number of alkyl halides is 3. The number of nitrogens with zero attached hydrogens (tertiary/aromatic N) is 2. The van der Waals surface area contributed by atoms with Gasteiger partial charge in [0, 0.05) is 15.4 Å². The molecule has 0 unspecified atom stereocenters. The second kappa shape index (κ2) is 5.90. The average Bonchev–Trinajstić information content (AvgIpc) is 2.52. The maximum Gasteiger partial charge on any atom is 0.416 e. The summed E-state index contributed by atoms with van der Waals surface area (Å²) in [5, 5.41) is 9.87. The molecular weight excluding hydrogens is 373 g/mol. The lowest BCUT2D eigenvalue weighted by Gasteiger charge is -2.10. The summed E-state index contributed by atoms with van der Waals surface area (Å²) >= 11 is 3.33. The number of hydrogen-bond acceptors (Lipinski definition) is 3. The Morgan fingerprint density at radius 1 is 1.04 bits per heavy atom. The van der Waals surface area contributed by atoms with Crippen LogP contribution in [0.25, 0.3) is 22.3 Å². The van der Waals surface area contributed by atoms with E-state index in [1.807, 2.05) is 6.07 Å². The van der Waals surface area contributed by atoms with Crippen LogP contribution in [-0.4, -0.2) is 15.1 Å². The van der Waals surface area contributed by atoms with E-state index in [2.05, 4.69) is 25.9 Å². The summed E-state index contributed by atoms with van der Waals surface area (Å²) in [5.41, 5.74) is 0.300. The molecule has 1 N–H and O–H groups in total. The number of benzene rings is 2. The van der Waals surface area contributed by atoms with E-state index < -0.39 is 11.7 Å². The summed E-state index contributed by atoms with van der Waals surface area (Å²) in [7, 11) is 0. The second-order valence-electron chi connectivity index (χ2n) is 4.89. The van der Waals surface area contributed by atoms with Crippen molar-refractivity contribution in [2.45, 2.75) is 12.8 Å². The summed E-state index contributed by atoms with van der Waals surface area (Å²) < 4.78 is 39.4. The molecule has 0 aliphatic carbocycles. The Labute approximate surface area is 137 Å². The van der Waals surface area contributed by atoms with Crippen LogP contribution in [0, 0.1) is 0 Å². The minimum atomic E-state index is -4.45. The van der Waals surface area contributed by atoms with Crippen LogP contribution in [0.1, 0.15) is 11.3 Å². The molecule has 3 nitrogen and oxygen atoms in total. The highest BCUT2D eigenvalue weighted by molar-refractivity contribution is 9.10. The van der Waals surface area contributed by atoms with Crippen molar-refractivity contribution in [3.05, 3.63) is 58.2 Å². The number of aliphatic hydroxyl groups is 1. The second-order valence-corrected chi connectivity index (χ2v) is 5.81. The number of halogens is 4. The van der Waals surface area contributed by atoms with Crippen molar-refractivity contribution in [1.29, 1.82) is 0 Å². The first kappa shape index (κ1) is 15.9. The normalized spacial score (nSPS) is 11.9. The topological polar surface area (TPSA) is 46.0 Å². The zero-order chi connectivity index (χ0) is 16.6. The van der Waals surface area contributed by atoms with E-state index in [-0.39, 0.29) is 17.9 Å². The maximum absolute atomic E-state index is 12.9. The lowest BCUT2D eigenvalue weighted by Crippen LogP contribution is -2.06. The molecule has 7 heteroatoms. The summed E-state index contributed by atoms with van der Waals surface area (Å²) in [4.78, 5) is 8.49. The van der Waals surface area contributed by atoms with Crippen LogP contribution in [-0.2, 0) is 12.8 Å². The van der Waals surface area contributed by atoms with Gasteiger partial charge in [-0.15, -0.1) is 0 Å². The number of aliphatic hydroxyl groups excluding tert-OH is 1. The first-order valence-electron chi connectivity index (χ1n) is 6.63. The monoisotopic (exact) mass is 382 g/mol. The molecule has 0 spiro atoms. The fraction of sp³-hybridized carbons (Fsp3) is 0.125. The third-order valence-electron chi connectivity index (χ3n) is 3.34. The van der Waals surface area contributed by atoms with Crippen molar-refractivity contribution >= 4 is 26.8 Å². The number of hydrogen-bond donors (Lipinski definition) is 1. The zero-order valence-electron chi connectivity index (χ0n) is 11.6. The third-order valence-corrected chi connectivity index (χ3v) is 3.83. The van der Waals surface area contributed by atoms with Crippen molar-refractivity contribution in [2.75, 3.05) is 0 Å². The van der Waals surface area contributed by atoms with Crippen molar-refractivity contribution in [2.24, 2.45) is 0 Å². The van der Waals surface area contributed by atoms with Gasteiger partial charge in [0.05, 0.1) is 23.4 Å². The van der Waals surface area contributed by atoms with E-state index >= 15 is 0 Å². The molecule has 1 heterocycles. The summed E-state index contributed by atoms with van der Waals surface area (Å²) in [6.07, 6.45) is -4.45. The van der Waals surface area contributed by atoms with Crippen LogP contribution in [0.3, 0.4) is 0 Å². The van der Waals surface area contributed by atoms with E-state index in [1.54, 1.807) is 18.2 Å². The van der Waals surface area contributed by atoms with Gasteiger partial charge >= 0.3 is 6.18 Å². The Hall–Kier alpha value is -1.99. The molecule has 0 amide bonds. The van der Waals surface area contributed by atoms with Gasteiger partial charge in [-0.1, -0.05) is 34.1 Å². The van der Waals surface area contributed by atoms with Gasteiger partial charge < -0.3 is 5.11 Å². The summed E-state index contributed by atoms with van der Waals surface area (Å²) in [6, 6.07) is 10.3. The highest BCUT2D eigenvalue weighted by atomic mass is 79.9. The molecule has 0 atom stereocenters. The third kappa shape index (κ3) is 3.20. The molecule has 3 rings (SSSR count). The molecule has 2 aromatic carbocycles. The van der Waals surface area contributed by atoms with Crippen molar-refractivity contribution in [3.63, 3.8) is 0 Å². The molecule has 0 bridgehead atoms. The van der Waals surface area contributed by atoms with Gasteiger partial charge in [0.1, 0.15) is 0 Å². The smallest absolute Gasteiger partial charge is 0.390 e. The van der Waals surface area contributed by atoms with Gasteiger partial charge in [0.15, 0.2) is 5.82 Å². The number of aromatic nitrogens is 2. The lowest BCUT2D eigenvalue weighted by molar-refractivity contribution is -0.137. The molecule has 1 aromatic heterocycles. The minimum Gasteiger partial charge on any atom is -0.390 e. The standard InChI is InChI=1S/C16H10BrF3N2O/c17-11-3-1-2-9(6-11)15-21-13-7-10(16(18,19)20)4-5-12(13)14(8-23)22-15/h1-7,23H,8H2. The van der Waals surface area contributed by atoms with E-state index in [4.69, 9.17) is 0 Å². The number of rotatable bonds is 2. The molecule has 118 valence electrons. The van der Waals surface area contributed by atoms with Crippen molar-refractivity contribution in [1.82, 2.24) is 9.97 Å². The fourth-order valence-corrected chi connectivity index (χ4v) is 2.65. The van der Waals surface area contributed by atoms with E-state index in [9.17, 15) is 18.3 Å². The van der Waals surface area contributed by atoms with E-state index in [0.29, 0.717) is 16.6 Å². The quantitative estimate of drug-likeness (QED) is 0.705. The van der Waals surface area contributed by atoms with Crippen molar-refractivity contribution < 1.29 is 18.3 Å². The molecule has 23 heavy (non-hydrogen) atoms. The van der Waals surface area contributed by atoms with E-state index in [0.717, 1.165) is 16.6 Å². The van der Waals surface area contributed by atoms with Gasteiger partial charge in [0.25, 0.3) is 0 Å². The van der Waals surface area contributed by atoms with Gasteiger partial charge in [-0.05, 0) is 24.3 Å². The first-order chi connectivity index (χ1) is 10.9. The Morgan fingerprint density at radius 3 is 2.48 bits per heavy atom. The minimum absolute atomic E-state index is 0.147. The maximum atomic E-state index is 12.9. The SMILES string of the molecule is OCc1nc(-c2cccc(Br)c2)nc2cc(C(F)(F)F)ccc12. The summed E-state index contributed by atoms with van der Waals surface area (Å²) in [5.74, 6) is 0.266. The van der Waals surface area contributed by atoms with Crippen LogP contribution in [0.5, 0.6) is 0 Å². The van der Waals surface area contributed by atoms with Crippen LogP contribution >= 0.6 is 15.9 Å². The lowest BCUT2D eigenvalue weighted by atomic mass is 10.1. The predicted molar refractivity (Wildman–Crippen MR) is 83.6 cm³/mol. The van der Waals surface area contributed by atoms with Crippen LogP contribution in [0.4, 0.5) is 13.2 Å². The zero-order valence-corrected chi connectivity index (χ0v) is 13.2. The van der Waals surface area contributed by atoms with Gasteiger partial charge in [-0.25, -0.2) is 9.97 Å². The highest BCUT2D eigenvalue weighted by Crippen LogP contribution is 2.32. The van der Waals surface area contributed by atoms with Crippen LogP contribution in [0.2, 0.25) is 0 Å². The van der Waals surface area contributed by atoms with Gasteiger partial charge in [-0.3, -0.25) is 0 Å². The largest absolute Gasteiger partial charge is 0.416 e. The Bertz CT molecular complexity index is 881. The molecule has 0 fully saturated rings. The van der Waals surface area contributed by atoms with Crippen LogP contribution in [0.15, 0.2) is 46.9 Å². The van der Waals surface area contributed by atoms with E-state index in [1.165, 1.54) is 6.07 Å². The molecule has 0 aliphatic heterocycles. The first-order valence-corrected chi connectivity index (χ1v) is 7.42. The Kier molecular flexibility index (Phi) is 4.08. The number of fused-ring (bicyclic) bond motifs is 1. The molecule has 0 aliphatic rings. The fourth-order valence-electron chi connectivity index (χ4n) is 2.25. The molecule has 3 aromatic rings. The molecule has 0 saturated carbocycles. The van der Waals surface area contributed by atoms with Gasteiger partial charge in [0.2, 0.25) is 0 Å². The Morgan fingerprint density at radius 2 is 1.83 bits per heavy atom. The van der Waals surface area contributed by atoms with Gasteiger partial charge in [-0.2, -0.15) is 13.2 Å². The van der Waals surface area contributed by atoms with Crippen LogP contribution < -0.4 is 0 Å². The summed E-state index contributed by atoms with van der Waals surface area (Å²) in [6.45, 7) is -0.384. The highest BCUT2D eigenvalue weighted by Gasteiger charge is 2.30. The average molecular weight is 383 g/mol. The van der Waals surface area contributed by atoms with Crippen molar-refractivity contribution in [3.8, 4) is 11.4 Å². The molecular formula is C16H10BrF3N2O. The Balaban J connectivity index is 2.24. The molecule has 0 radical (unpaired) electrons.